The smallest absolute Gasteiger partial charge is 0.252 e. The van der Waals surface area contributed by atoms with Gasteiger partial charge in [0, 0.05) is 37.2 Å². The van der Waals surface area contributed by atoms with Crippen molar-refractivity contribution < 1.29 is 13.2 Å². The Labute approximate surface area is 181 Å². The maximum Gasteiger partial charge on any atom is 0.252 e. The third-order valence-electron chi connectivity index (χ3n) is 5.49. The van der Waals surface area contributed by atoms with E-state index in [0.717, 1.165) is 11.9 Å². The SMILES string of the molecule is Cn1cc(CCNC(=O)c2ccc(N3CCCCS3(=O)=O)cc2Cl)c2ccccc21. The number of para-hydroxylation sites is 1. The van der Waals surface area contributed by atoms with Crippen LogP contribution in [0.2, 0.25) is 5.02 Å². The van der Waals surface area contributed by atoms with Crippen LogP contribution in [0.4, 0.5) is 5.69 Å². The highest BCUT2D eigenvalue weighted by Crippen LogP contribution is 2.28. The lowest BCUT2D eigenvalue weighted by Crippen LogP contribution is -2.37. The number of halogens is 1. The molecule has 0 unspecified atom stereocenters. The predicted molar refractivity (Wildman–Crippen MR) is 121 cm³/mol. The summed E-state index contributed by atoms with van der Waals surface area (Å²) in [6, 6.07) is 13.0. The van der Waals surface area contributed by atoms with Crippen LogP contribution in [0.25, 0.3) is 10.9 Å². The molecule has 0 atom stereocenters. The molecule has 1 amide bonds. The molecule has 1 aliphatic rings. The summed E-state index contributed by atoms with van der Waals surface area (Å²) in [7, 11) is -1.31. The third-order valence-corrected chi connectivity index (χ3v) is 7.68. The number of fused-ring (bicyclic) bond motifs is 1. The fourth-order valence-electron chi connectivity index (χ4n) is 3.95. The number of nitrogens with one attached hydrogen (secondary N) is 1. The molecule has 3 aromatic rings. The lowest BCUT2D eigenvalue weighted by atomic mass is 10.1. The van der Waals surface area contributed by atoms with Crippen molar-refractivity contribution in [1.82, 2.24) is 9.88 Å². The molecule has 1 aliphatic heterocycles. The van der Waals surface area contributed by atoms with Gasteiger partial charge in [-0.25, -0.2) is 8.42 Å². The first-order valence-electron chi connectivity index (χ1n) is 9.98. The first-order valence-corrected chi connectivity index (χ1v) is 12.0. The van der Waals surface area contributed by atoms with E-state index in [-0.39, 0.29) is 16.7 Å². The fraction of sp³-hybridized carbons (Fsp3) is 0.318. The van der Waals surface area contributed by atoms with Crippen LogP contribution in [0.1, 0.15) is 28.8 Å². The van der Waals surface area contributed by atoms with Gasteiger partial charge in [-0.1, -0.05) is 29.8 Å². The number of carbonyl (C=O) groups is 1. The first kappa shape index (κ1) is 20.8. The van der Waals surface area contributed by atoms with Crippen molar-refractivity contribution in [3.05, 3.63) is 64.8 Å². The van der Waals surface area contributed by atoms with E-state index in [1.807, 2.05) is 19.2 Å². The lowest BCUT2D eigenvalue weighted by molar-refractivity contribution is 0.0954. The van der Waals surface area contributed by atoms with E-state index in [0.29, 0.717) is 37.2 Å². The number of carbonyl (C=O) groups excluding carboxylic acids is 1. The number of hydrogen-bond donors (Lipinski definition) is 1. The highest BCUT2D eigenvalue weighted by Gasteiger charge is 2.26. The van der Waals surface area contributed by atoms with Gasteiger partial charge in [-0.05, 0) is 49.1 Å². The van der Waals surface area contributed by atoms with Crippen LogP contribution in [-0.2, 0) is 23.5 Å². The van der Waals surface area contributed by atoms with E-state index in [1.54, 1.807) is 18.2 Å². The van der Waals surface area contributed by atoms with Crippen LogP contribution in [0.5, 0.6) is 0 Å². The molecule has 2 heterocycles. The van der Waals surface area contributed by atoms with Gasteiger partial charge in [0.15, 0.2) is 0 Å². The summed E-state index contributed by atoms with van der Waals surface area (Å²) in [6.45, 7) is 0.917. The Morgan fingerprint density at radius 1 is 1.17 bits per heavy atom. The second kappa shape index (κ2) is 8.32. The number of aryl methyl sites for hydroxylation is 1. The maximum absolute atomic E-state index is 12.6. The Morgan fingerprint density at radius 2 is 1.97 bits per heavy atom. The first-order chi connectivity index (χ1) is 14.4. The van der Waals surface area contributed by atoms with Gasteiger partial charge in [0.05, 0.1) is 22.0 Å². The van der Waals surface area contributed by atoms with E-state index in [1.165, 1.54) is 15.3 Å². The molecule has 2 aromatic carbocycles. The zero-order valence-electron chi connectivity index (χ0n) is 16.8. The number of aromatic nitrogens is 1. The Balaban J connectivity index is 1.43. The van der Waals surface area contributed by atoms with Gasteiger partial charge in [-0.3, -0.25) is 9.10 Å². The third kappa shape index (κ3) is 4.04. The van der Waals surface area contributed by atoms with Gasteiger partial charge in [0.1, 0.15) is 0 Å². The van der Waals surface area contributed by atoms with Crippen LogP contribution in [-0.4, -0.2) is 37.7 Å². The van der Waals surface area contributed by atoms with E-state index in [9.17, 15) is 13.2 Å². The molecule has 30 heavy (non-hydrogen) atoms. The topological polar surface area (TPSA) is 71.4 Å². The van der Waals surface area contributed by atoms with E-state index >= 15 is 0 Å². The van der Waals surface area contributed by atoms with Crippen molar-refractivity contribution in [3.63, 3.8) is 0 Å². The molecule has 0 saturated carbocycles. The van der Waals surface area contributed by atoms with E-state index in [2.05, 4.69) is 28.2 Å². The Hall–Kier alpha value is -2.51. The zero-order chi connectivity index (χ0) is 21.3. The summed E-state index contributed by atoms with van der Waals surface area (Å²) in [6.07, 6.45) is 4.27. The van der Waals surface area contributed by atoms with Gasteiger partial charge >= 0.3 is 0 Å². The molecule has 1 N–H and O–H groups in total. The summed E-state index contributed by atoms with van der Waals surface area (Å²) in [5.74, 6) is -0.130. The summed E-state index contributed by atoms with van der Waals surface area (Å²) >= 11 is 6.33. The van der Waals surface area contributed by atoms with Crippen LogP contribution < -0.4 is 9.62 Å². The normalized spacial score (nSPS) is 16.0. The second-order valence-corrected chi connectivity index (χ2v) is 9.97. The lowest BCUT2D eigenvalue weighted by Gasteiger charge is -2.28. The minimum Gasteiger partial charge on any atom is -0.352 e. The van der Waals surface area contributed by atoms with Crippen molar-refractivity contribution in [2.45, 2.75) is 19.3 Å². The van der Waals surface area contributed by atoms with Crippen LogP contribution in [0.15, 0.2) is 48.7 Å². The Morgan fingerprint density at radius 3 is 2.73 bits per heavy atom. The predicted octanol–water partition coefficient (Wildman–Crippen LogP) is 3.73. The molecule has 158 valence electrons. The molecule has 0 bridgehead atoms. The van der Waals surface area contributed by atoms with Gasteiger partial charge in [0.25, 0.3) is 5.91 Å². The molecular formula is C22H24ClN3O3S. The van der Waals surface area contributed by atoms with Gasteiger partial charge in [-0.15, -0.1) is 0 Å². The van der Waals surface area contributed by atoms with Crippen LogP contribution in [0.3, 0.4) is 0 Å². The standard InChI is InChI=1S/C22H24ClN3O3S/c1-25-15-16(18-6-2-3-7-21(18)25)10-11-24-22(27)19-9-8-17(14-20(19)23)26-12-4-5-13-30(26,28)29/h2-3,6-9,14-15H,4-5,10-13H2,1H3,(H,24,27). The number of rotatable bonds is 5. The molecule has 1 saturated heterocycles. The molecule has 0 radical (unpaired) electrons. The molecule has 1 aromatic heterocycles. The molecule has 0 spiro atoms. The van der Waals surface area contributed by atoms with Crippen molar-refractivity contribution in [2.75, 3.05) is 23.1 Å². The van der Waals surface area contributed by atoms with E-state index < -0.39 is 10.0 Å². The molecule has 8 heteroatoms. The number of hydrogen-bond acceptors (Lipinski definition) is 3. The monoisotopic (exact) mass is 445 g/mol. The summed E-state index contributed by atoms with van der Waals surface area (Å²) < 4.78 is 28.0. The van der Waals surface area contributed by atoms with Crippen molar-refractivity contribution in [1.29, 1.82) is 0 Å². The number of sulfonamides is 1. The quantitative estimate of drug-likeness (QED) is 0.650. The number of nitrogens with zero attached hydrogens (tertiary/aromatic N) is 2. The number of amides is 1. The minimum absolute atomic E-state index is 0.140. The number of anilines is 1. The second-order valence-electron chi connectivity index (χ2n) is 7.55. The fourth-order valence-corrected chi connectivity index (χ4v) is 5.84. The van der Waals surface area contributed by atoms with Gasteiger partial charge in [0.2, 0.25) is 10.0 Å². The van der Waals surface area contributed by atoms with Crippen molar-refractivity contribution >= 4 is 44.1 Å². The molecule has 4 rings (SSSR count). The largest absolute Gasteiger partial charge is 0.352 e. The summed E-state index contributed by atoms with van der Waals surface area (Å²) in [5, 5.41) is 4.34. The highest BCUT2D eigenvalue weighted by atomic mass is 35.5. The Bertz CT molecular complexity index is 1200. The Kier molecular flexibility index (Phi) is 5.75. The average Bonchev–Trinajstić information content (AvgIpc) is 3.03. The number of benzene rings is 2. The molecule has 0 aliphatic carbocycles. The van der Waals surface area contributed by atoms with Crippen molar-refractivity contribution in [2.24, 2.45) is 7.05 Å². The van der Waals surface area contributed by atoms with Crippen molar-refractivity contribution in [3.8, 4) is 0 Å². The summed E-state index contributed by atoms with van der Waals surface area (Å²) in [5.41, 5.74) is 3.18. The highest BCUT2D eigenvalue weighted by molar-refractivity contribution is 7.92. The maximum atomic E-state index is 12.6. The molecule has 1 fully saturated rings. The van der Waals surface area contributed by atoms with E-state index in [4.69, 9.17) is 11.6 Å². The van der Waals surface area contributed by atoms with Crippen LogP contribution in [0, 0.1) is 0 Å². The average molecular weight is 446 g/mol. The zero-order valence-corrected chi connectivity index (χ0v) is 18.3. The minimum atomic E-state index is -3.32. The van der Waals surface area contributed by atoms with Gasteiger partial charge < -0.3 is 9.88 Å². The molecule has 6 nitrogen and oxygen atoms in total. The van der Waals surface area contributed by atoms with Crippen LogP contribution >= 0.6 is 11.6 Å². The summed E-state index contributed by atoms with van der Waals surface area (Å²) in [4.78, 5) is 12.6. The molecular weight excluding hydrogens is 422 g/mol. The van der Waals surface area contributed by atoms with Gasteiger partial charge in [-0.2, -0.15) is 0 Å².